The minimum absolute atomic E-state index is 0.0416. The largest absolute Gasteiger partial charge is 0.393 e. The zero-order chi connectivity index (χ0) is 19.1. The van der Waals surface area contributed by atoms with Crippen LogP contribution in [0.2, 0.25) is 0 Å². The lowest BCUT2D eigenvalue weighted by molar-refractivity contribution is -0.138. The molecule has 0 spiro atoms. The van der Waals surface area contributed by atoms with E-state index in [4.69, 9.17) is 0 Å². The molecule has 1 aromatic carbocycles. The van der Waals surface area contributed by atoms with Crippen LogP contribution in [0.5, 0.6) is 0 Å². The highest BCUT2D eigenvalue weighted by atomic mass is 16.3. The summed E-state index contributed by atoms with van der Waals surface area (Å²) in [5.41, 5.74) is 0.577. The molecule has 2 fully saturated rings. The molecule has 0 radical (unpaired) electrons. The number of carbonyl (C=O) groups excluding carboxylic acids is 3. The van der Waals surface area contributed by atoms with E-state index in [1.807, 2.05) is 31.2 Å². The van der Waals surface area contributed by atoms with Gasteiger partial charge in [0.05, 0.1) is 6.10 Å². The normalized spacial score (nSPS) is 27.0. The predicted octanol–water partition coefficient (Wildman–Crippen LogP) is 0.991. The van der Waals surface area contributed by atoms with Crippen LogP contribution in [0.3, 0.4) is 0 Å². The van der Waals surface area contributed by atoms with Gasteiger partial charge in [-0.15, -0.1) is 0 Å². The number of urea groups is 1. The van der Waals surface area contributed by atoms with Crippen LogP contribution in [0.4, 0.5) is 4.79 Å². The Morgan fingerprint density at radius 1 is 1.35 bits per heavy atom. The molecule has 7 nitrogen and oxygen atoms in total. The Morgan fingerprint density at radius 2 is 2.00 bits per heavy atom. The van der Waals surface area contributed by atoms with E-state index >= 15 is 0 Å². The van der Waals surface area contributed by atoms with Gasteiger partial charge < -0.3 is 15.3 Å². The molecule has 1 aromatic rings. The van der Waals surface area contributed by atoms with Crippen molar-refractivity contribution in [2.24, 2.45) is 5.92 Å². The van der Waals surface area contributed by atoms with Crippen molar-refractivity contribution < 1.29 is 19.5 Å². The zero-order valence-corrected chi connectivity index (χ0v) is 15.4. The summed E-state index contributed by atoms with van der Waals surface area (Å²) < 4.78 is 0. The topological polar surface area (TPSA) is 90.0 Å². The molecule has 2 aliphatic rings. The standard InChI is InChI=1S/C19H25N3O4/c1-12-4-6-15(7-5-12)19(3)17(25)22(18(26)20-19)11-16(24)21-9-8-14(10-21)13(2)23/h4-7,13-14,23H,8-11H2,1-3H3,(H,20,26)/t13-,14-,19-/m0/s1. The van der Waals surface area contributed by atoms with Gasteiger partial charge in [-0.05, 0) is 32.8 Å². The molecule has 3 rings (SSSR count). The number of nitrogens with zero attached hydrogens (tertiary/aromatic N) is 2. The van der Waals surface area contributed by atoms with Crippen molar-refractivity contribution in [3.05, 3.63) is 35.4 Å². The van der Waals surface area contributed by atoms with Gasteiger partial charge in [0.2, 0.25) is 5.91 Å². The number of likely N-dealkylation sites (tertiary alicyclic amines) is 1. The summed E-state index contributed by atoms with van der Waals surface area (Å²) in [4.78, 5) is 40.3. The number of aryl methyl sites for hydroxylation is 1. The molecule has 0 aliphatic carbocycles. The molecule has 140 valence electrons. The van der Waals surface area contributed by atoms with E-state index in [2.05, 4.69) is 5.32 Å². The number of carbonyl (C=O) groups is 3. The molecule has 0 unspecified atom stereocenters. The highest BCUT2D eigenvalue weighted by molar-refractivity contribution is 6.09. The second kappa shape index (κ2) is 6.72. The molecular formula is C19H25N3O4. The van der Waals surface area contributed by atoms with Gasteiger partial charge in [-0.25, -0.2) is 4.79 Å². The van der Waals surface area contributed by atoms with Crippen LogP contribution in [-0.4, -0.2) is 58.5 Å². The molecule has 4 amide bonds. The van der Waals surface area contributed by atoms with Crippen LogP contribution >= 0.6 is 0 Å². The van der Waals surface area contributed by atoms with Crippen LogP contribution in [0.25, 0.3) is 0 Å². The monoisotopic (exact) mass is 359 g/mol. The molecule has 0 aromatic heterocycles. The molecule has 26 heavy (non-hydrogen) atoms. The first-order valence-corrected chi connectivity index (χ1v) is 8.89. The highest BCUT2D eigenvalue weighted by Gasteiger charge is 2.49. The zero-order valence-electron chi connectivity index (χ0n) is 15.4. The number of amides is 4. The van der Waals surface area contributed by atoms with E-state index in [1.165, 1.54) is 0 Å². The van der Waals surface area contributed by atoms with Gasteiger partial charge in [-0.1, -0.05) is 29.8 Å². The highest BCUT2D eigenvalue weighted by Crippen LogP contribution is 2.29. The second-order valence-corrected chi connectivity index (χ2v) is 7.44. The lowest BCUT2D eigenvalue weighted by Gasteiger charge is -2.23. The van der Waals surface area contributed by atoms with Gasteiger partial charge in [0.15, 0.2) is 0 Å². The van der Waals surface area contributed by atoms with Crippen molar-refractivity contribution in [2.75, 3.05) is 19.6 Å². The SMILES string of the molecule is Cc1ccc([C@]2(C)NC(=O)N(CC(=O)N3CC[C@H]([C@H](C)O)C3)C2=O)cc1. The number of aliphatic hydroxyl groups is 1. The van der Waals surface area contributed by atoms with E-state index in [-0.39, 0.29) is 18.4 Å². The fraction of sp³-hybridized carbons (Fsp3) is 0.526. The minimum atomic E-state index is -1.17. The number of imide groups is 1. The quantitative estimate of drug-likeness (QED) is 0.785. The van der Waals surface area contributed by atoms with E-state index in [0.29, 0.717) is 18.7 Å². The fourth-order valence-corrected chi connectivity index (χ4v) is 3.57. The predicted molar refractivity (Wildman–Crippen MR) is 95.1 cm³/mol. The average Bonchev–Trinajstić information content (AvgIpc) is 3.16. The molecule has 0 bridgehead atoms. The van der Waals surface area contributed by atoms with Gasteiger partial charge in [0.25, 0.3) is 5.91 Å². The summed E-state index contributed by atoms with van der Waals surface area (Å²) in [5.74, 6) is -0.657. The maximum atomic E-state index is 12.9. The molecule has 2 heterocycles. The van der Waals surface area contributed by atoms with E-state index in [9.17, 15) is 19.5 Å². The first-order chi connectivity index (χ1) is 12.2. The summed E-state index contributed by atoms with van der Waals surface area (Å²) >= 11 is 0. The smallest absolute Gasteiger partial charge is 0.325 e. The van der Waals surface area contributed by atoms with Gasteiger partial charge in [0.1, 0.15) is 12.1 Å². The van der Waals surface area contributed by atoms with E-state index < -0.39 is 23.6 Å². The maximum Gasteiger partial charge on any atom is 0.325 e. The molecule has 7 heteroatoms. The first-order valence-electron chi connectivity index (χ1n) is 8.89. The summed E-state index contributed by atoms with van der Waals surface area (Å²) in [6, 6.07) is 6.83. The fourth-order valence-electron chi connectivity index (χ4n) is 3.57. The second-order valence-electron chi connectivity index (χ2n) is 7.44. The lowest BCUT2D eigenvalue weighted by Crippen LogP contribution is -2.44. The van der Waals surface area contributed by atoms with Crippen molar-refractivity contribution in [1.29, 1.82) is 0 Å². The number of benzene rings is 1. The molecular weight excluding hydrogens is 334 g/mol. The van der Waals surface area contributed by atoms with Crippen LogP contribution in [-0.2, 0) is 15.1 Å². The summed E-state index contributed by atoms with van der Waals surface area (Å²) in [5, 5.41) is 12.4. The van der Waals surface area contributed by atoms with Crippen molar-refractivity contribution in [1.82, 2.24) is 15.1 Å². The van der Waals surface area contributed by atoms with Gasteiger partial charge in [-0.3, -0.25) is 14.5 Å². The summed E-state index contributed by atoms with van der Waals surface area (Å²) in [6.45, 7) is 6.02. The van der Waals surface area contributed by atoms with Crippen molar-refractivity contribution >= 4 is 17.8 Å². The summed E-state index contributed by atoms with van der Waals surface area (Å²) in [6.07, 6.45) is 0.249. The maximum absolute atomic E-state index is 12.9. The molecule has 0 saturated carbocycles. The van der Waals surface area contributed by atoms with Crippen molar-refractivity contribution in [3.8, 4) is 0 Å². The van der Waals surface area contributed by atoms with Crippen LogP contribution < -0.4 is 5.32 Å². The van der Waals surface area contributed by atoms with Crippen molar-refractivity contribution in [3.63, 3.8) is 0 Å². The Balaban J connectivity index is 1.71. The lowest BCUT2D eigenvalue weighted by atomic mass is 9.91. The van der Waals surface area contributed by atoms with Gasteiger partial charge in [0, 0.05) is 19.0 Å². The molecule has 2 saturated heterocycles. The Hall–Kier alpha value is -2.41. The first kappa shape index (κ1) is 18.4. The number of nitrogens with one attached hydrogen (secondary N) is 1. The number of rotatable bonds is 4. The van der Waals surface area contributed by atoms with E-state index in [1.54, 1.807) is 18.7 Å². The minimum Gasteiger partial charge on any atom is -0.393 e. The van der Waals surface area contributed by atoms with Crippen LogP contribution in [0, 0.1) is 12.8 Å². The molecule has 2 N–H and O–H groups in total. The Labute approximate surface area is 153 Å². The van der Waals surface area contributed by atoms with Crippen LogP contribution in [0.1, 0.15) is 31.4 Å². The third-order valence-electron chi connectivity index (χ3n) is 5.46. The Bertz CT molecular complexity index is 731. The van der Waals surface area contributed by atoms with Gasteiger partial charge >= 0.3 is 6.03 Å². The third kappa shape index (κ3) is 3.19. The molecule has 2 aliphatic heterocycles. The number of hydrogen-bond donors (Lipinski definition) is 2. The number of aliphatic hydroxyl groups excluding tert-OH is 1. The third-order valence-corrected chi connectivity index (χ3v) is 5.46. The Kier molecular flexibility index (Phi) is 4.75. The van der Waals surface area contributed by atoms with Gasteiger partial charge in [-0.2, -0.15) is 0 Å². The van der Waals surface area contributed by atoms with Crippen molar-refractivity contribution in [2.45, 2.75) is 38.8 Å². The Morgan fingerprint density at radius 3 is 2.58 bits per heavy atom. The summed E-state index contributed by atoms with van der Waals surface area (Å²) in [7, 11) is 0. The van der Waals surface area contributed by atoms with E-state index in [0.717, 1.165) is 16.9 Å². The molecule has 3 atom stereocenters. The average molecular weight is 359 g/mol. The number of hydrogen-bond acceptors (Lipinski definition) is 4. The van der Waals surface area contributed by atoms with Crippen LogP contribution in [0.15, 0.2) is 24.3 Å².